The highest BCUT2D eigenvalue weighted by atomic mass is 16.2. The lowest BCUT2D eigenvalue weighted by atomic mass is 10.0. The predicted molar refractivity (Wildman–Crippen MR) is 102 cm³/mol. The molecule has 138 valence electrons. The van der Waals surface area contributed by atoms with E-state index in [4.69, 9.17) is 0 Å². The second-order valence-corrected chi connectivity index (χ2v) is 7.42. The molecule has 1 atom stereocenters. The first-order valence-corrected chi connectivity index (χ1v) is 9.24. The first kappa shape index (κ1) is 19.4. The van der Waals surface area contributed by atoms with Crippen LogP contribution in [0.5, 0.6) is 0 Å². The van der Waals surface area contributed by atoms with Crippen molar-refractivity contribution in [2.24, 2.45) is 5.92 Å². The Kier molecular flexibility index (Phi) is 6.59. The Morgan fingerprint density at radius 2 is 1.56 bits per heavy atom. The van der Waals surface area contributed by atoms with Crippen molar-refractivity contribution in [2.75, 3.05) is 31.5 Å². The lowest BCUT2D eigenvalue weighted by molar-refractivity contribution is -0.136. The molecular weight excluding hydrogens is 314 g/mol. The minimum absolute atomic E-state index is 0.0109. The predicted octanol–water partition coefficient (Wildman–Crippen LogP) is 2.94. The van der Waals surface area contributed by atoms with Crippen LogP contribution in [0.4, 0.5) is 5.69 Å². The van der Waals surface area contributed by atoms with Gasteiger partial charge in [0, 0.05) is 37.8 Å². The minimum atomic E-state index is -0.212. The molecule has 2 rings (SSSR count). The van der Waals surface area contributed by atoms with Gasteiger partial charge in [-0.05, 0) is 24.5 Å². The van der Waals surface area contributed by atoms with Gasteiger partial charge in [-0.3, -0.25) is 14.5 Å². The molecule has 0 aliphatic carbocycles. The van der Waals surface area contributed by atoms with Crippen LogP contribution in [0.25, 0.3) is 0 Å². The van der Waals surface area contributed by atoms with Crippen molar-refractivity contribution in [3.05, 3.63) is 29.8 Å². The Labute approximate surface area is 151 Å². The van der Waals surface area contributed by atoms with Crippen LogP contribution >= 0.6 is 0 Å². The standard InChI is InChI=1S/C20H31N3O2/c1-14(2)17-8-6-7-9-18(17)21-19(24)16(5)22-10-12-23(13-11-22)20(25)15(3)4/h6-9,14-16H,10-13H2,1-5H3,(H,21,24). The minimum Gasteiger partial charge on any atom is -0.340 e. The summed E-state index contributed by atoms with van der Waals surface area (Å²) in [6.07, 6.45) is 0. The highest BCUT2D eigenvalue weighted by Gasteiger charge is 2.28. The van der Waals surface area contributed by atoms with E-state index in [0.717, 1.165) is 24.3 Å². The zero-order valence-corrected chi connectivity index (χ0v) is 16.1. The fourth-order valence-electron chi connectivity index (χ4n) is 3.21. The second kappa shape index (κ2) is 8.48. The summed E-state index contributed by atoms with van der Waals surface area (Å²) in [5.74, 6) is 0.594. The van der Waals surface area contributed by atoms with Gasteiger partial charge in [0.2, 0.25) is 11.8 Å². The zero-order chi connectivity index (χ0) is 18.6. The molecule has 25 heavy (non-hydrogen) atoms. The van der Waals surface area contributed by atoms with Gasteiger partial charge in [-0.1, -0.05) is 45.9 Å². The molecule has 1 unspecified atom stereocenters. The maximum Gasteiger partial charge on any atom is 0.241 e. The van der Waals surface area contributed by atoms with Gasteiger partial charge >= 0.3 is 0 Å². The molecule has 0 saturated carbocycles. The number of benzene rings is 1. The van der Waals surface area contributed by atoms with Crippen molar-refractivity contribution in [3.8, 4) is 0 Å². The molecule has 1 saturated heterocycles. The van der Waals surface area contributed by atoms with Crippen LogP contribution < -0.4 is 5.32 Å². The largest absolute Gasteiger partial charge is 0.340 e. The summed E-state index contributed by atoms with van der Waals surface area (Å²) in [4.78, 5) is 28.8. The quantitative estimate of drug-likeness (QED) is 0.893. The molecule has 0 spiro atoms. The average molecular weight is 345 g/mol. The lowest BCUT2D eigenvalue weighted by Crippen LogP contribution is -2.54. The van der Waals surface area contributed by atoms with E-state index in [1.54, 1.807) is 0 Å². The van der Waals surface area contributed by atoms with E-state index in [0.29, 0.717) is 19.0 Å². The van der Waals surface area contributed by atoms with Crippen LogP contribution in [-0.4, -0.2) is 53.8 Å². The highest BCUT2D eigenvalue weighted by Crippen LogP contribution is 2.24. The molecule has 0 bridgehead atoms. The van der Waals surface area contributed by atoms with Crippen molar-refractivity contribution in [3.63, 3.8) is 0 Å². The number of piperazine rings is 1. The maximum atomic E-state index is 12.7. The molecule has 2 amide bonds. The summed E-state index contributed by atoms with van der Waals surface area (Å²) in [6.45, 7) is 12.9. The third-order valence-electron chi connectivity index (χ3n) is 4.89. The second-order valence-electron chi connectivity index (χ2n) is 7.42. The van der Waals surface area contributed by atoms with E-state index >= 15 is 0 Å². The molecule has 1 aromatic rings. The molecule has 1 heterocycles. The van der Waals surface area contributed by atoms with Crippen LogP contribution in [0.2, 0.25) is 0 Å². The normalized spacial score (nSPS) is 17.0. The Morgan fingerprint density at radius 3 is 2.12 bits per heavy atom. The number of amides is 2. The van der Waals surface area contributed by atoms with Crippen LogP contribution in [-0.2, 0) is 9.59 Å². The van der Waals surface area contributed by atoms with E-state index in [1.807, 2.05) is 43.9 Å². The third-order valence-corrected chi connectivity index (χ3v) is 4.89. The average Bonchev–Trinajstić information content (AvgIpc) is 2.60. The first-order chi connectivity index (χ1) is 11.8. The van der Waals surface area contributed by atoms with E-state index in [1.165, 1.54) is 0 Å². The highest BCUT2D eigenvalue weighted by molar-refractivity contribution is 5.95. The van der Waals surface area contributed by atoms with Gasteiger partial charge in [0.05, 0.1) is 6.04 Å². The Hall–Kier alpha value is -1.88. The summed E-state index contributed by atoms with van der Waals surface area (Å²) in [5, 5.41) is 3.08. The van der Waals surface area contributed by atoms with E-state index in [2.05, 4.69) is 30.1 Å². The molecule has 1 fully saturated rings. The SMILES string of the molecule is CC(C)C(=O)N1CCN(C(C)C(=O)Nc2ccccc2C(C)C)CC1. The van der Waals surface area contributed by atoms with E-state index in [-0.39, 0.29) is 23.8 Å². The number of para-hydroxylation sites is 1. The summed E-state index contributed by atoms with van der Waals surface area (Å²) < 4.78 is 0. The van der Waals surface area contributed by atoms with E-state index in [9.17, 15) is 9.59 Å². The molecule has 1 aliphatic heterocycles. The van der Waals surface area contributed by atoms with Gasteiger partial charge in [-0.15, -0.1) is 0 Å². The van der Waals surface area contributed by atoms with Crippen LogP contribution in [0.3, 0.4) is 0 Å². The molecule has 0 radical (unpaired) electrons. The Bertz CT molecular complexity index is 605. The van der Waals surface area contributed by atoms with Crippen LogP contribution in [0, 0.1) is 5.92 Å². The summed E-state index contributed by atoms with van der Waals surface area (Å²) in [7, 11) is 0. The fourth-order valence-corrected chi connectivity index (χ4v) is 3.21. The first-order valence-electron chi connectivity index (χ1n) is 9.24. The van der Waals surface area contributed by atoms with Gasteiger partial charge < -0.3 is 10.2 Å². The molecule has 0 aromatic heterocycles. The van der Waals surface area contributed by atoms with E-state index < -0.39 is 0 Å². The Morgan fingerprint density at radius 1 is 0.960 bits per heavy atom. The zero-order valence-electron chi connectivity index (χ0n) is 16.1. The number of nitrogens with one attached hydrogen (secondary N) is 1. The molecule has 1 aliphatic rings. The van der Waals surface area contributed by atoms with Gasteiger partial charge in [0.15, 0.2) is 0 Å². The summed E-state index contributed by atoms with van der Waals surface area (Å²) >= 11 is 0. The lowest BCUT2D eigenvalue weighted by Gasteiger charge is -2.38. The summed E-state index contributed by atoms with van der Waals surface area (Å²) in [6, 6.07) is 7.75. The number of anilines is 1. The van der Waals surface area contributed by atoms with Crippen molar-refractivity contribution >= 4 is 17.5 Å². The fraction of sp³-hybridized carbons (Fsp3) is 0.600. The maximum absolute atomic E-state index is 12.7. The number of hydrogen-bond donors (Lipinski definition) is 1. The third kappa shape index (κ3) is 4.82. The number of nitrogens with zero attached hydrogens (tertiary/aromatic N) is 2. The summed E-state index contributed by atoms with van der Waals surface area (Å²) in [5.41, 5.74) is 2.04. The Balaban J connectivity index is 1.95. The topological polar surface area (TPSA) is 52.7 Å². The molecular formula is C20H31N3O2. The van der Waals surface area contributed by atoms with Crippen molar-refractivity contribution in [1.82, 2.24) is 9.80 Å². The van der Waals surface area contributed by atoms with Crippen molar-refractivity contribution in [1.29, 1.82) is 0 Å². The monoisotopic (exact) mass is 345 g/mol. The molecule has 5 nitrogen and oxygen atoms in total. The number of rotatable bonds is 5. The van der Waals surface area contributed by atoms with Crippen molar-refractivity contribution in [2.45, 2.75) is 46.6 Å². The number of hydrogen-bond acceptors (Lipinski definition) is 3. The molecule has 1 N–H and O–H groups in total. The van der Waals surface area contributed by atoms with Gasteiger partial charge in [0.1, 0.15) is 0 Å². The van der Waals surface area contributed by atoms with Crippen LogP contribution in [0.15, 0.2) is 24.3 Å². The van der Waals surface area contributed by atoms with Crippen molar-refractivity contribution < 1.29 is 9.59 Å². The smallest absolute Gasteiger partial charge is 0.241 e. The van der Waals surface area contributed by atoms with Gasteiger partial charge in [-0.25, -0.2) is 0 Å². The molecule has 5 heteroatoms. The van der Waals surface area contributed by atoms with Gasteiger partial charge in [-0.2, -0.15) is 0 Å². The number of carbonyl (C=O) groups excluding carboxylic acids is 2. The van der Waals surface area contributed by atoms with Crippen LogP contribution in [0.1, 0.15) is 46.1 Å². The number of carbonyl (C=O) groups is 2. The molecule has 1 aromatic carbocycles. The van der Waals surface area contributed by atoms with Gasteiger partial charge in [0.25, 0.3) is 0 Å².